The zero-order valence-corrected chi connectivity index (χ0v) is 21.0. The molecule has 0 aliphatic carbocycles. The number of nitrogens with zero attached hydrogens (tertiary/aromatic N) is 1. The Morgan fingerprint density at radius 2 is 1.38 bits per heavy atom. The number of nitrogens with one attached hydrogen (secondary N) is 2. The van der Waals surface area contributed by atoms with Crippen molar-refractivity contribution >= 4 is 43.0 Å². The minimum Gasteiger partial charge on any atom is -0.325 e. The lowest BCUT2D eigenvalue weighted by molar-refractivity contribution is -0.114. The number of carbonyl (C=O) groups excluding carboxylic acids is 1. The maximum Gasteiger partial charge on any atom is 0.261 e. The maximum atomic E-state index is 12.8. The lowest BCUT2D eigenvalue weighted by atomic mass is 10.1. The van der Waals surface area contributed by atoms with Gasteiger partial charge in [0.15, 0.2) is 0 Å². The second-order valence-corrected chi connectivity index (χ2v) is 11.6. The number of sulfonamides is 2. The van der Waals surface area contributed by atoms with Crippen molar-refractivity contribution in [1.29, 1.82) is 0 Å². The van der Waals surface area contributed by atoms with Crippen LogP contribution >= 0.6 is 0 Å². The summed E-state index contributed by atoms with van der Waals surface area (Å²) in [6, 6.07) is 17.9. The molecule has 8 nitrogen and oxygen atoms in total. The lowest BCUT2D eigenvalue weighted by Crippen LogP contribution is -2.37. The van der Waals surface area contributed by atoms with Crippen LogP contribution < -0.4 is 14.3 Å². The van der Waals surface area contributed by atoms with Gasteiger partial charge >= 0.3 is 0 Å². The van der Waals surface area contributed by atoms with E-state index >= 15 is 0 Å². The number of carbonyl (C=O) groups is 1. The monoisotopic (exact) mass is 501 g/mol. The van der Waals surface area contributed by atoms with Crippen molar-refractivity contribution in [2.75, 3.05) is 27.1 Å². The third kappa shape index (κ3) is 6.15. The van der Waals surface area contributed by atoms with E-state index in [0.29, 0.717) is 17.1 Å². The third-order valence-electron chi connectivity index (χ3n) is 5.18. The molecule has 3 aromatic rings. The first-order chi connectivity index (χ1) is 15.9. The van der Waals surface area contributed by atoms with E-state index in [4.69, 9.17) is 0 Å². The molecule has 0 aliphatic rings. The molecule has 0 fully saturated rings. The van der Waals surface area contributed by atoms with Gasteiger partial charge in [0.25, 0.3) is 10.0 Å². The second-order valence-electron chi connectivity index (χ2n) is 8.05. The van der Waals surface area contributed by atoms with E-state index < -0.39 is 32.5 Å². The Labute approximate surface area is 200 Å². The molecule has 0 aliphatic heterocycles. The van der Waals surface area contributed by atoms with Crippen LogP contribution in [-0.2, 0) is 24.8 Å². The van der Waals surface area contributed by atoms with E-state index in [0.717, 1.165) is 27.3 Å². The summed E-state index contributed by atoms with van der Waals surface area (Å²) in [5.41, 5.74) is 3.81. The van der Waals surface area contributed by atoms with Gasteiger partial charge in [0.2, 0.25) is 15.9 Å². The minimum absolute atomic E-state index is 0.0329. The van der Waals surface area contributed by atoms with E-state index in [9.17, 15) is 21.6 Å². The van der Waals surface area contributed by atoms with Crippen LogP contribution in [-0.4, -0.2) is 35.5 Å². The zero-order chi connectivity index (χ0) is 25.1. The molecule has 0 bridgehead atoms. The molecule has 0 atom stereocenters. The van der Waals surface area contributed by atoms with Gasteiger partial charge in [0, 0.05) is 5.69 Å². The van der Waals surface area contributed by atoms with Crippen molar-refractivity contribution < 1.29 is 21.6 Å². The average Bonchev–Trinajstić information content (AvgIpc) is 2.75. The highest BCUT2D eigenvalue weighted by molar-refractivity contribution is 7.92. The summed E-state index contributed by atoms with van der Waals surface area (Å²) in [4.78, 5) is 12.6. The molecule has 180 valence electrons. The van der Waals surface area contributed by atoms with Gasteiger partial charge in [-0.25, -0.2) is 16.8 Å². The van der Waals surface area contributed by atoms with Gasteiger partial charge in [-0.05, 0) is 68.3 Å². The van der Waals surface area contributed by atoms with Gasteiger partial charge in [-0.15, -0.1) is 0 Å². The van der Waals surface area contributed by atoms with Crippen LogP contribution in [0.25, 0.3) is 0 Å². The molecule has 0 aromatic heterocycles. The molecular formula is C24H27N3O5S2. The molecule has 0 unspecified atom stereocenters. The first kappa shape index (κ1) is 25.3. The van der Waals surface area contributed by atoms with Crippen molar-refractivity contribution in [3.63, 3.8) is 0 Å². The number of amides is 1. The summed E-state index contributed by atoms with van der Waals surface area (Å²) in [6.07, 6.45) is 1.03. The van der Waals surface area contributed by atoms with Crippen molar-refractivity contribution in [2.24, 2.45) is 0 Å². The number of rotatable bonds is 8. The van der Waals surface area contributed by atoms with Gasteiger partial charge in [-0.3, -0.25) is 13.8 Å². The fourth-order valence-electron chi connectivity index (χ4n) is 3.33. The Morgan fingerprint density at radius 3 is 1.91 bits per heavy atom. The fourth-order valence-corrected chi connectivity index (χ4v) is 5.39. The van der Waals surface area contributed by atoms with Gasteiger partial charge in [-0.2, -0.15) is 0 Å². The first-order valence-electron chi connectivity index (χ1n) is 10.4. The number of benzene rings is 3. The molecule has 0 radical (unpaired) electrons. The highest BCUT2D eigenvalue weighted by Gasteiger charge is 2.21. The predicted molar refractivity (Wildman–Crippen MR) is 135 cm³/mol. The molecule has 0 saturated carbocycles. The standard InChI is InChI=1S/C24H27N3O5S2/c1-17-8-12-21(13-9-17)27(33(4,29)30)16-23(28)25-20-10-14-22(15-11-20)34(31,32)26-24-18(2)6-5-7-19(24)3/h5-15,26H,16H2,1-4H3,(H,25,28). The molecule has 34 heavy (non-hydrogen) atoms. The normalized spacial score (nSPS) is 11.6. The summed E-state index contributed by atoms with van der Waals surface area (Å²) < 4.78 is 53.7. The van der Waals surface area contributed by atoms with Crippen LogP contribution in [0.15, 0.2) is 71.6 Å². The summed E-state index contributed by atoms with van der Waals surface area (Å²) in [6.45, 7) is 5.10. The van der Waals surface area contributed by atoms with Gasteiger partial charge in [-0.1, -0.05) is 35.9 Å². The van der Waals surface area contributed by atoms with Crippen molar-refractivity contribution in [3.8, 4) is 0 Å². The SMILES string of the molecule is Cc1ccc(N(CC(=O)Nc2ccc(S(=O)(=O)Nc3c(C)cccc3C)cc2)S(C)(=O)=O)cc1. The van der Waals surface area contributed by atoms with Gasteiger partial charge in [0.05, 0.1) is 22.5 Å². The molecule has 3 rings (SSSR count). The Hall–Kier alpha value is -3.37. The highest BCUT2D eigenvalue weighted by Crippen LogP contribution is 2.24. The predicted octanol–water partition coefficient (Wildman–Crippen LogP) is 3.82. The van der Waals surface area contributed by atoms with Crippen LogP contribution in [0.1, 0.15) is 16.7 Å². The lowest BCUT2D eigenvalue weighted by Gasteiger charge is -2.22. The van der Waals surface area contributed by atoms with Gasteiger partial charge < -0.3 is 5.32 Å². The van der Waals surface area contributed by atoms with Crippen molar-refractivity contribution in [1.82, 2.24) is 0 Å². The van der Waals surface area contributed by atoms with E-state index in [1.807, 2.05) is 39.0 Å². The molecular weight excluding hydrogens is 474 g/mol. The third-order valence-corrected chi connectivity index (χ3v) is 7.68. The smallest absolute Gasteiger partial charge is 0.261 e. The average molecular weight is 502 g/mol. The Kier molecular flexibility index (Phi) is 7.32. The zero-order valence-electron chi connectivity index (χ0n) is 19.4. The molecule has 2 N–H and O–H groups in total. The van der Waals surface area contributed by atoms with E-state index in [-0.39, 0.29) is 4.90 Å². The molecule has 0 saturated heterocycles. The van der Waals surface area contributed by atoms with Crippen LogP contribution in [0, 0.1) is 20.8 Å². The summed E-state index contributed by atoms with van der Waals surface area (Å²) in [7, 11) is -7.53. The number of aryl methyl sites for hydroxylation is 3. The first-order valence-corrected chi connectivity index (χ1v) is 13.7. The summed E-state index contributed by atoms with van der Waals surface area (Å²) in [5, 5.41) is 2.61. The Balaban J connectivity index is 1.73. The van der Waals surface area contributed by atoms with E-state index in [1.54, 1.807) is 24.3 Å². The number of anilines is 3. The Morgan fingerprint density at radius 1 is 0.824 bits per heavy atom. The Bertz CT molecular complexity index is 1380. The molecule has 0 spiro atoms. The van der Waals surface area contributed by atoms with Crippen molar-refractivity contribution in [2.45, 2.75) is 25.7 Å². The van der Waals surface area contributed by atoms with Crippen LogP contribution in [0.4, 0.5) is 17.1 Å². The molecule has 1 amide bonds. The van der Waals surface area contributed by atoms with Crippen LogP contribution in [0.3, 0.4) is 0 Å². The maximum absolute atomic E-state index is 12.8. The second kappa shape index (κ2) is 9.86. The number of hydrogen-bond acceptors (Lipinski definition) is 5. The summed E-state index contributed by atoms with van der Waals surface area (Å²) in [5.74, 6) is -0.560. The number of hydrogen-bond donors (Lipinski definition) is 2. The van der Waals surface area contributed by atoms with E-state index in [1.165, 1.54) is 24.3 Å². The summed E-state index contributed by atoms with van der Waals surface area (Å²) >= 11 is 0. The topological polar surface area (TPSA) is 113 Å². The molecule has 10 heteroatoms. The quantitative estimate of drug-likeness (QED) is 0.487. The highest BCUT2D eigenvalue weighted by atomic mass is 32.2. The van der Waals surface area contributed by atoms with Crippen LogP contribution in [0.2, 0.25) is 0 Å². The largest absolute Gasteiger partial charge is 0.325 e. The van der Waals surface area contributed by atoms with Crippen LogP contribution in [0.5, 0.6) is 0 Å². The van der Waals surface area contributed by atoms with E-state index in [2.05, 4.69) is 10.0 Å². The van der Waals surface area contributed by atoms with Crippen molar-refractivity contribution in [3.05, 3.63) is 83.4 Å². The molecule has 3 aromatic carbocycles. The minimum atomic E-state index is -3.83. The van der Waals surface area contributed by atoms with Gasteiger partial charge in [0.1, 0.15) is 6.54 Å². The molecule has 0 heterocycles. The fraction of sp³-hybridized carbons (Fsp3) is 0.208. The number of para-hydroxylation sites is 1.